The summed E-state index contributed by atoms with van der Waals surface area (Å²) in [6, 6.07) is 10.4. The summed E-state index contributed by atoms with van der Waals surface area (Å²) in [7, 11) is 0. The first kappa shape index (κ1) is 15.8. The van der Waals surface area contributed by atoms with Gasteiger partial charge >= 0.3 is 0 Å². The van der Waals surface area contributed by atoms with E-state index in [4.69, 9.17) is 10.9 Å². The molecule has 4 N–H and O–H groups in total. The number of amidine groups is 1. The molecule has 0 saturated carbocycles. The molecule has 0 fully saturated rings. The summed E-state index contributed by atoms with van der Waals surface area (Å²) in [5, 5.41) is 14.6. The van der Waals surface area contributed by atoms with Crippen LogP contribution < -0.4 is 11.1 Å². The van der Waals surface area contributed by atoms with Crippen molar-refractivity contribution in [2.24, 2.45) is 10.9 Å². The van der Waals surface area contributed by atoms with Crippen molar-refractivity contribution in [1.29, 1.82) is 0 Å². The maximum absolute atomic E-state index is 14.3. The summed E-state index contributed by atoms with van der Waals surface area (Å²) in [4.78, 5) is 0. The fraction of sp³-hybridized carbons (Fsp3) is 0.0714. The smallest absolute Gasteiger partial charge is 0.173 e. The average Bonchev–Trinajstić information content (AvgIpc) is 2.47. The molecule has 0 amide bonds. The van der Waals surface area contributed by atoms with Crippen LogP contribution in [0.3, 0.4) is 0 Å². The van der Waals surface area contributed by atoms with Gasteiger partial charge in [-0.05, 0) is 50.1 Å². The number of hydrogen-bond donors (Lipinski definition) is 3. The summed E-state index contributed by atoms with van der Waals surface area (Å²) in [5.41, 5.74) is 6.76. The van der Waals surface area contributed by atoms with Crippen molar-refractivity contribution in [3.8, 4) is 0 Å². The van der Waals surface area contributed by atoms with E-state index in [1.54, 1.807) is 12.1 Å². The first-order valence-corrected chi connectivity index (χ1v) is 7.56. The van der Waals surface area contributed by atoms with E-state index in [0.29, 0.717) is 5.56 Å². The van der Waals surface area contributed by atoms with Gasteiger partial charge in [0.25, 0.3) is 0 Å². The Bertz CT molecular complexity index is 672. The van der Waals surface area contributed by atoms with Gasteiger partial charge < -0.3 is 16.3 Å². The number of benzene rings is 2. The number of para-hydroxylation sites is 1. The van der Waals surface area contributed by atoms with Gasteiger partial charge in [0.15, 0.2) is 5.84 Å². The molecule has 0 aliphatic carbocycles. The van der Waals surface area contributed by atoms with E-state index in [0.717, 1.165) is 14.6 Å². The number of anilines is 1. The third kappa shape index (κ3) is 3.54. The van der Waals surface area contributed by atoms with E-state index in [-0.39, 0.29) is 17.9 Å². The van der Waals surface area contributed by atoms with Crippen LogP contribution in [0.2, 0.25) is 0 Å². The molecule has 0 aliphatic heterocycles. The van der Waals surface area contributed by atoms with Crippen molar-refractivity contribution in [3.63, 3.8) is 0 Å². The maximum atomic E-state index is 14.3. The molecule has 0 aromatic heterocycles. The summed E-state index contributed by atoms with van der Waals surface area (Å²) in [6.07, 6.45) is 0. The molecular formula is C14H12Br2FN3O. The van der Waals surface area contributed by atoms with Crippen molar-refractivity contribution in [2.75, 3.05) is 5.32 Å². The molecule has 0 aliphatic rings. The quantitative estimate of drug-likeness (QED) is 0.304. The Labute approximate surface area is 138 Å². The maximum Gasteiger partial charge on any atom is 0.173 e. The summed E-state index contributed by atoms with van der Waals surface area (Å²) in [5.74, 6) is -0.764. The molecule has 0 saturated heterocycles. The minimum atomic E-state index is -0.511. The van der Waals surface area contributed by atoms with Gasteiger partial charge in [-0.25, -0.2) is 4.39 Å². The Morgan fingerprint density at radius 3 is 2.43 bits per heavy atom. The Kier molecular flexibility index (Phi) is 5.19. The Hall–Kier alpha value is -1.60. The van der Waals surface area contributed by atoms with E-state index in [1.807, 2.05) is 18.2 Å². The van der Waals surface area contributed by atoms with E-state index in [1.165, 1.54) is 6.07 Å². The zero-order valence-electron chi connectivity index (χ0n) is 10.8. The Balaban J connectivity index is 2.25. The SMILES string of the molecule is N/C(=N/O)c1cccc(CNc2c(Br)cccc2Br)c1F. The average molecular weight is 417 g/mol. The van der Waals surface area contributed by atoms with E-state index < -0.39 is 5.82 Å². The van der Waals surface area contributed by atoms with Crippen molar-refractivity contribution in [2.45, 2.75) is 6.54 Å². The van der Waals surface area contributed by atoms with Gasteiger partial charge in [-0.2, -0.15) is 0 Å². The van der Waals surface area contributed by atoms with E-state index in [9.17, 15) is 4.39 Å². The number of hydrogen-bond acceptors (Lipinski definition) is 3. The lowest BCUT2D eigenvalue weighted by Crippen LogP contribution is -2.16. The van der Waals surface area contributed by atoms with Crippen molar-refractivity contribution >= 4 is 43.4 Å². The molecule has 0 radical (unpaired) electrons. The van der Waals surface area contributed by atoms with Crippen LogP contribution in [0.15, 0.2) is 50.5 Å². The molecule has 0 spiro atoms. The molecule has 0 atom stereocenters. The topological polar surface area (TPSA) is 70.6 Å². The highest BCUT2D eigenvalue weighted by Crippen LogP contribution is 2.31. The van der Waals surface area contributed by atoms with Gasteiger partial charge in [-0.3, -0.25) is 0 Å². The largest absolute Gasteiger partial charge is 0.409 e. The monoisotopic (exact) mass is 415 g/mol. The zero-order valence-corrected chi connectivity index (χ0v) is 13.9. The second kappa shape index (κ2) is 6.91. The van der Waals surface area contributed by atoms with Gasteiger partial charge in [0.05, 0.1) is 11.3 Å². The molecule has 2 aromatic carbocycles. The lowest BCUT2D eigenvalue weighted by Gasteiger charge is -2.12. The molecule has 7 heteroatoms. The zero-order chi connectivity index (χ0) is 15.4. The molecule has 0 heterocycles. The molecular weight excluding hydrogens is 405 g/mol. The highest BCUT2D eigenvalue weighted by molar-refractivity contribution is 9.11. The van der Waals surface area contributed by atoms with Crippen LogP contribution in [0, 0.1) is 5.82 Å². The minimum absolute atomic E-state index is 0.0722. The van der Waals surface area contributed by atoms with Gasteiger partial charge in [-0.1, -0.05) is 23.4 Å². The van der Waals surface area contributed by atoms with Crippen LogP contribution in [0.25, 0.3) is 0 Å². The summed E-state index contributed by atoms with van der Waals surface area (Å²) in [6.45, 7) is 0.263. The molecule has 2 rings (SSSR count). The van der Waals surface area contributed by atoms with Gasteiger partial charge in [0.1, 0.15) is 5.82 Å². The van der Waals surface area contributed by atoms with Crippen LogP contribution in [0.4, 0.5) is 10.1 Å². The fourth-order valence-electron chi connectivity index (χ4n) is 1.82. The molecule has 0 unspecified atom stereocenters. The lowest BCUT2D eigenvalue weighted by molar-refractivity contribution is 0.318. The summed E-state index contributed by atoms with van der Waals surface area (Å²) >= 11 is 6.86. The fourth-order valence-corrected chi connectivity index (χ4v) is 3.10. The number of halogens is 3. The van der Waals surface area contributed by atoms with Crippen molar-refractivity contribution < 1.29 is 9.60 Å². The van der Waals surface area contributed by atoms with E-state index in [2.05, 4.69) is 42.3 Å². The Morgan fingerprint density at radius 1 is 1.19 bits per heavy atom. The molecule has 21 heavy (non-hydrogen) atoms. The molecule has 0 bridgehead atoms. The number of nitrogens with zero attached hydrogens (tertiary/aromatic N) is 1. The number of rotatable bonds is 4. The molecule has 4 nitrogen and oxygen atoms in total. The minimum Gasteiger partial charge on any atom is -0.409 e. The normalized spacial score (nSPS) is 11.5. The van der Waals surface area contributed by atoms with Crippen LogP contribution in [-0.2, 0) is 6.54 Å². The Morgan fingerprint density at radius 2 is 1.81 bits per heavy atom. The van der Waals surface area contributed by atoms with Gasteiger partial charge in [0.2, 0.25) is 0 Å². The molecule has 2 aromatic rings. The van der Waals surface area contributed by atoms with Crippen molar-refractivity contribution in [3.05, 3.63) is 62.3 Å². The third-order valence-electron chi connectivity index (χ3n) is 2.88. The van der Waals surface area contributed by atoms with E-state index >= 15 is 0 Å². The van der Waals surface area contributed by atoms with Gasteiger partial charge in [-0.15, -0.1) is 0 Å². The standard InChI is InChI=1S/C14H12Br2FN3O/c15-10-5-2-6-11(16)13(10)19-7-8-3-1-4-9(12(8)17)14(18)20-21/h1-6,19,21H,7H2,(H2,18,20). The second-order valence-corrected chi connectivity index (χ2v) is 5.92. The predicted molar refractivity (Wildman–Crippen MR) is 88.1 cm³/mol. The van der Waals surface area contributed by atoms with Crippen LogP contribution >= 0.6 is 31.9 Å². The number of oxime groups is 1. The highest BCUT2D eigenvalue weighted by atomic mass is 79.9. The lowest BCUT2D eigenvalue weighted by atomic mass is 10.1. The third-order valence-corrected chi connectivity index (χ3v) is 4.20. The second-order valence-electron chi connectivity index (χ2n) is 4.21. The predicted octanol–water partition coefficient (Wildman–Crippen LogP) is 4.06. The van der Waals surface area contributed by atoms with Crippen LogP contribution in [-0.4, -0.2) is 11.0 Å². The first-order chi connectivity index (χ1) is 10.0. The van der Waals surface area contributed by atoms with Gasteiger partial charge in [0, 0.05) is 21.1 Å². The van der Waals surface area contributed by atoms with Crippen molar-refractivity contribution in [1.82, 2.24) is 0 Å². The summed E-state index contributed by atoms with van der Waals surface area (Å²) < 4.78 is 16.0. The van der Waals surface area contributed by atoms with Crippen LogP contribution in [0.5, 0.6) is 0 Å². The first-order valence-electron chi connectivity index (χ1n) is 5.97. The molecule has 110 valence electrons. The number of nitrogens with two attached hydrogens (primary N) is 1. The van der Waals surface area contributed by atoms with Crippen LogP contribution in [0.1, 0.15) is 11.1 Å². The number of nitrogens with one attached hydrogen (secondary N) is 1. The highest BCUT2D eigenvalue weighted by Gasteiger charge is 2.12.